The van der Waals surface area contributed by atoms with Gasteiger partial charge < -0.3 is 4.42 Å². The minimum absolute atomic E-state index is 0.201. The van der Waals surface area contributed by atoms with E-state index in [1.165, 1.54) is 54.2 Å². The molecule has 0 aliphatic heterocycles. The lowest BCUT2D eigenvalue weighted by atomic mass is 9.83. The Balaban J connectivity index is 1.11. The summed E-state index contributed by atoms with van der Waals surface area (Å²) in [4.78, 5) is 4.98. The van der Waals surface area contributed by atoms with Crippen LogP contribution >= 0.6 is 0 Å². The van der Waals surface area contributed by atoms with Gasteiger partial charge in [0.15, 0.2) is 5.84 Å². The highest BCUT2D eigenvalue weighted by Crippen LogP contribution is 2.46. The number of furan rings is 1. The molecule has 1 aromatic heterocycles. The summed E-state index contributed by atoms with van der Waals surface area (Å²) in [7, 11) is 0. The van der Waals surface area contributed by atoms with E-state index in [1.54, 1.807) is 0 Å². The zero-order valence-electron chi connectivity index (χ0n) is 32.1. The van der Waals surface area contributed by atoms with Crippen LogP contribution in [0.1, 0.15) is 16.7 Å². The Bertz CT molecular complexity index is 3410. The predicted molar refractivity (Wildman–Crippen MR) is 250 cm³/mol. The number of aliphatic imine (C=N–C) groups is 1. The summed E-state index contributed by atoms with van der Waals surface area (Å²) in [5, 5.41) is 22.2. The van der Waals surface area contributed by atoms with Crippen molar-refractivity contribution < 1.29 is 4.42 Å². The second-order valence-corrected chi connectivity index (χ2v) is 15.0. The molecule has 10 aromatic carbocycles. The number of hydrogen-bond donors (Lipinski definition) is 1. The van der Waals surface area contributed by atoms with Crippen LogP contribution in [0.15, 0.2) is 216 Å². The van der Waals surface area contributed by atoms with Crippen LogP contribution in [0.2, 0.25) is 0 Å². The molecule has 59 heavy (non-hydrogen) atoms. The van der Waals surface area contributed by atoms with Crippen molar-refractivity contribution in [2.45, 2.75) is 0 Å². The minimum Gasteiger partial charge on any atom is -0.456 e. The third kappa shape index (κ3) is 6.00. The lowest BCUT2D eigenvalue weighted by molar-refractivity contribution is 0.631. The van der Waals surface area contributed by atoms with Gasteiger partial charge in [0.05, 0.1) is 5.71 Å². The van der Waals surface area contributed by atoms with Crippen molar-refractivity contribution >= 4 is 82.5 Å². The van der Waals surface area contributed by atoms with Gasteiger partial charge in [-0.2, -0.15) is 0 Å². The van der Waals surface area contributed by atoms with E-state index in [1.807, 2.05) is 48.5 Å². The van der Waals surface area contributed by atoms with Crippen molar-refractivity contribution in [3.63, 3.8) is 0 Å². The van der Waals surface area contributed by atoms with E-state index in [-0.39, 0.29) is 5.84 Å². The quantitative estimate of drug-likeness (QED) is 0.0782. The van der Waals surface area contributed by atoms with Crippen molar-refractivity contribution in [3.8, 4) is 22.5 Å². The number of amidine groups is 1. The third-order valence-corrected chi connectivity index (χ3v) is 11.6. The van der Waals surface area contributed by atoms with Crippen molar-refractivity contribution in [2.75, 3.05) is 0 Å². The Morgan fingerprint density at radius 2 is 0.983 bits per heavy atom. The number of nitrogens with one attached hydrogen (secondary N) is 1. The molecule has 0 aliphatic rings. The van der Waals surface area contributed by atoms with Gasteiger partial charge in [0, 0.05) is 22.1 Å². The molecule has 276 valence electrons. The van der Waals surface area contributed by atoms with Gasteiger partial charge in [-0.15, -0.1) is 0 Å². The molecule has 0 aliphatic carbocycles. The number of fused-ring (bicyclic) bond motifs is 7. The van der Waals surface area contributed by atoms with Gasteiger partial charge in [-0.25, -0.2) is 4.99 Å². The zero-order valence-corrected chi connectivity index (χ0v) is 32.1. The lowest BCUT2D eigenvalue weighted by Crippen LogP contribution is -2.04. The molecule has 0 amide bonds. The van der Waals surface area contributed by atoms with Crippen LogP contribution in [0.4, 0.5) is 0 Å². The van der Waals surface area contributed by atoms with Gasteiger partial charge in [-0.1, -0.05) is 188 Å². The molecule has 0 atom stereocenters. The number of allylic oxidation sites excluding steroid dienone is 1. The van der Waals surface area contributed by atoms with E-state index in [0.29, 0.717) is 5.71 Å². The van der Waals surface area contributed by atoms with Crippen LogP contribution in [0.25, 0.3) is 93.4 Å². The van der Waals surface area contributed by atoms with Gasteiger partial charge in [-0.05, 0) is 94.8 Å². The van der Waals surface area contributed by atoms with E-state index in [0.717, 1.165) is 49.8 Å². The van der Waals surface area contributed by atoms with Crippen molar-refractivity contribution in [1.29, 1.82) is 5.41 Å². The van der Waals surface area contributed by atoms with Crippen LogP contribution in [-0.4, -0.2) is 11.5 Å². The monoisotopic (exact) mass is 752 g/mol. The molecular weight excluding hydrogens is 717 g/mol. The molecule has 11 aromatic rings. The SMILES string of the molecule is N=C(N=C(/C=C/c1c2ccccc2c(-c2c3ccccc3cc3c2ccc2ccccc23)c2ccccc12)c1ccc(-c2cc3ccccc3o2)cc1)c1ccccc1. The fourth-order valence-corrected chi connectivity index (χ4v) is 8.77. The Labute approximate surface area is 341 Å². The molecule has 1 N–H and O–H groups in total. The Morgan fingerprint density at radius 1 is 0.424 bits per heavy atom. The fourth-order valence-electron chi connectivity index (χ4n) is 8.77. The highest BCUT2D eigenvalue weighted by Gasteiger charge is 2.19. The van der Waals surface area contributed by atoms with Crippen LogP contribution in [0.3, 0.4) is 0 Å². The third-order valence-electron chi connectivity index (χ3n) is 11.6. The Morgan fingerprint density at radius 3 is 1.69 bits per heavy atom. The van der Waals surface area contributed by atoms with Gasteiger partial charge >= 0.3 is 0 Å². The van der Waals surface area contributed by atoms with Crippen LogP contribution < -0.4 is 0 Å². The van der Waals surface area contributed by atoms with E-state index in [9.17, 15) is 0 Å². The molecule has 0 spiro atoms. The topological polar surface area (TPSA) is 49.4 Å². The largest absolute Gasteiger partial charge is 0.456 e. The van der Waals surface area contributed by atoms with Gasteiger partial charge in [0.1, 0.15) is 11.3 Å². The van der Waals surface area contributed by atoms with Gasteiger partial charge in [0.25, 0.3) is 0 Å². The van der Waals surface area contributed by atoms with E-state index < -0.39 is 0 Å². The molecule has 0 saturated heterocycles. The van der Waals surface area contributed by atoms with Crippen LogP contribution in [0.5, 0.6) is 0 Å². The summed E-state index contributed by atoms with van der Waals surface area (Å²) in [5.74, 6) is 1.01. The van der Waals surface area contributed by atoms with E-state index >= 15 is 0 Å². The lowest BCUT2D eigenvalue weighted by Gasteiger charge is -2.20. The highest BCUT2D eigenvalue weighted by atomic mass is 16.3. The summed E-state index contributed by atoms with van der Waals surface area (Å²) in [6.07, 6.45) is 4.26. The normalized spacial score (nSPS) is 12.2. The maximum absolute atomic E-state index is 9.06. The Kier molecular flexibility index (Phi) is 8.30. The average Bonchev–Trinajstić information content (AvgIpc) is 3.74. The molecule has 0 fully saturated rings. The van der Waals surface area contributed by atoms with Crippen LogP contribution in [-0.2, 0) is 0 Å². The first-order chi connectivity index (χ1) is 29.2. The van der Waals surface area contributed by atoms with Gasteiger partial charge in [0.2, 0.25) is 0 Å². The second kappa shape index (κ2) is 14.3. The molecule has 11 rings (SSSR count). The van der Waals surface area contributed by atoms with E-state index in [4.69, 9.17) is 14.8 Å². The molecule has 3 nitrogen and oxygen atoms in total. The number of hydrogen-bond acceptors (Lipinski definition) is 2. The zero-order chi connectivity index (χ0) is 39.3. The first-order valence-corrected chi connectivity index (χ1v) is 20.0. The molecule has 0 bridgehead atoms. The van der Waals surface area contributed by atoms with Crippen molar-refractivity contribution in [2.24, 2.45) is 4.99 Å². The summed E-state index contributed by atoms with van der Waals surface area (Å²) in [6, 6.07) is 70.1. The molecule has 1 heterocycles. The van der Waals surface area contributed by atoms with Crippen molar-refractivity contribution in [1.82, 2.24) is 0 Å². The second-order valence-electron chi connectivity index (χ2n) is 15.0. The molecule has 0 saturated carbocycles. The summed E-state index contributed by atoms with van der Waals surface area (Å²) >= 11 is 0. The Hall–Kier alpha value is -7.88. The van der Waals surface area contributed by atoms with Crippen LogP contribution in [0, 0.1) is 5.41 Å². The minimum atomic E-state index is 0.201. The maximum atomic E-state index is 9.06. The first-order valence-electron chi connectivity index (χ1n) is 20.0. The summed E-state index contributed by atoms with van der Waals surface area (Å²) < 4.78 is 6.19. The molecule has 0 unspecified atom stereocenters. The standard InChI is InChI=1S/C56H36N2O/c57-56(39-15-2-1-3-16-39)58-51(37-26-28-38(29-27-37)53-35-41-18-6-13-25-52(41)59-53)33-32-46-44-21-9-11-23-47(44)55(48-24-12-10-22-45(46)48)54-43-20-8-5-17-40(43)34-50-42-19-7-4-14-36(42)30-31-49(50)54/h1-35,57H/b33-32+,57-56?,58-51?. The first kappa shape index (κ1) is 34.4. The average molecular weight is 753 g/mol. The maximum Gasteiger partial charge on any atom is 0.152 e. The molecular formula is C56H36N2O. The summed E-state index contributed by atoms with van der Waals surface area (Å²) in [5.41, 5.74) is 7.77. The smallest absolute Gasteiger partial charge is 0.152 e. The molecule has 3 heteroatoms. The fraction of sp³-hybridized carbons (Fsp3) is 0. The number of benzene rings is 10. The van der Waals surface area contributed by atoms with Gasteiger partial charge in [-0.3, -0.25) is 5.41 Å². The number of para-hydroxylation sites is 1. The summed E-state index contributed by atoms with van der Waals surface area (Å²) in [6.45, 7) is 0. The highest BCUT2D eigenvalue weighted by molar-refractivity contribution is 6.28. The number of rotatable bonds is 6. The van der Waals surface area contributed by atoms with Crippen molar-refractivity contribution in [3.05, 3.63) is 223 Å². The molecule has 0 radical (unpaired) electrons. The predicted octanol–water partition coefficient (Wildman–Crippen LogP) is 15.1. The van der Waals surface area contributed by atoms with E-state index in [2.05, 4.69) is 164 Å². The number of nitrogens with zero attached hydrogens (tertiary/aromatic N) is 1.